The number of hydrogen-bond acceptors (Lipinski definition) is 5. The second-order valence-electron chi connectivity index (χ2n) is 6.62. The molecule has 3 aromatic rings. The molecule has 0 saturated carbocycles. The SMILES string of the molecule is Cn1cc(NC(=O)c2cc(NC(=O)c3cc([N+](=O)[O-])n(C)c3)cn2C)cc1C(=O)O. The van der Waals surface area contributed by atoms with Crippen molar-refractivity contribution in [1.82, 2.24) is 13.7 Å². The molecule has 0 aromatic carbocycles. The van der Waals surface area contributed by atoms with Gasteiger partial charge in [0.05, 0.1) is 24.0 Å². The second kappa shape index (κ2) is 7.58. The summed E-state index contributed by atoms with van der Waals surface area (Å²) in [6.45, 7) is 0. The number of carboxylic acid groups (broad SMARTS) is 1. The predicted octanol–water partition coefficient (Wildman–Crippen LogP) is 1.81. The molecular formula is C18H18N6O6. The van der Waals surface area contributed by atoms with E-state index in [2.05, 4.69) is 10.6 Å². The van der Waals surface area contributed by atoms with Gasteiger partial charge >= 0.3 is 11.8 Å². The Morgan fingerprint density at radius 3 is 1.90 bits per heavy atom. The molecule has 3 heterocycles. The quantitative estimate of drug-likeness (QED) is 0.413. The normalized spacial score (nSPS) is 10.6. The Morgan fingerprint density at radius 2 is 1.40 bits per heavy atom. The third-order valence-electron chi connectivity index (χ3n) is 4.41. The van der Waals surface area contributed by atoms with E-state index in [0.717, 1.165) is 6.07 Å². The smallest absolute Gasteiger partial charge is 0.352 e. The van der Waals surface area contributed by atoms with E-state index in [0.29, 0.717) is 11.4 Å². The number of carbonyl (C=O) groups excluding carboxylic acids is 2. The summed E-state index contributed by atoms with van der Waals surface area (Å²) in [6, 6.07) is 3.92. The van der Waals surface area contributed by atoms with Crippen LogP contribution in [0, 0.1) is 10.1 Å². The number of rotatable bonds is 6. The summed E-state index contributed by atoms with van der Waals surface area (Å²) in [5, 5.41) is 25.2. The third kappa shape index (κ3) is 3.92. The van der Waals surface area contributed by atoms with Crippen molar-refractivity contribution in [2.24, 2.45) is 21.1 Å². The molecule has 156 valence electrons. The molecule has 0 saturated heterocycles. The summed E-state index contributed by atoms with van der Waals surface area (Å²) in [4.78, 5) is 46.3. The number of aryl methyl sites for hydroxylation is 3. The number of carboxylic acids is 1. The monoisotopic (exact) mass is 414 g/mol. The molecule has 3 rings (SSSR count). The number of aromatic nitrogens is 3. The van der Waals surface area contributed by atoms with E-state index in [1.165, 1.54) is 51.5 Å². The summed E-state index contributed by atoms with van der Waals surface area (Å²) in [7, 11) is 4.61. The van der Waals surface area contributed by atoms with Crippen LogP contribution in [0.1, 0.15) is 31.3 Å². The second-order valence-corrected chi connectivity index (χ2v) is 6.62. The van der Waals surface area contributed by atoms with Crippen LogP contribution in [0.5, 0.6) is 0 Å². The molecule has 2 amide bonds. The fraction of sp³-hybridized carbons (Fsp3) is 0.167. The van der Waals surface area contributed by atoms with Crippen LogP contribution in [-0.2, 0) is 21.1 Å². The van der Waals surface area contributed by atoms with Gasteiger partial charge in [-0.05, 0) is 17.1 Å². The first-order chi connectivity index (χ1) is 14.1. The predicted molar refractivity (Wildman–Crippen MR) is 106 cm³/mol. The lowest BCUT2D eigenvalue weighted by Gasteiger charge is -2.03. The van der Waals surface area contributed by atoms with Gasteiger partial charge in [0.2, 0.25) is 0 Å². The van der Waals surface area contributed by atoms with Gasteiger partial charge in [-0.1, -0.05) is 0 Å². The molecular weight excluding hydrogens is 396 g/mol. The standard InChI is InChI=1S/C18H18N6O6/c1-21-8-11(19-16(25)10-4-15(24(29)30)23(3)7-10)5-13(21)17(26)20-12-6-14(18(27)28)22(2)9-12/h4-9H,1-3H3,(H,19,25)(H,20,26)(H,27,28). The maximum atomic E-state index is 12.5. The number of nitro groups is 1. The van der Waals surface area contributed by atoms with Gasteiger partial charge in [-0.15, -0.1) is 0 Å². The lowest BCUT2D eigenvalue weighted by molar-refractivity contribution is -0.391. The third-order valence-corrected chi connectivity index (χ3v) is 4.41. The van der Waals surface area contributed by atoms with Gasteiger partial charge in [-0.2, -0.15) is 0 Å². The highest BCUT2D eigenvalue weighted by Gasteiger charge is 2.20. The van der Waals surface area contributed by atoms with Crippen molar-refractivity contribution >= 4 is 35.0 Å². The van der Waals surface area contributed by atoms with Gasteiger partial charge in [-0.25, -0.2) is 9.36 Å². The molecule has 0 aliphatic carbocycles. The van der Waals surface area contributed by atoms with Crippen LogP contribution in [0.3, 0.4) is 0 Å². The number of hydrogen-bond donors (Lipinski definition) is 3. The van der Waals surface area contributed by atoms with Crippen LogP contribution in [-0.4, -0.2) is 41.5 Å². The van der Waals surface area contributed by atoms with Crippen LogP contribution in [0.25, 0.3) is 0 Å². The van der Waals surface area contributed by atoms with Gasteiger partial charge in [0, 0.05) is 32.6 Å². The van der Waals surface area contributed by atoms with Crippen molar-refractivity contribution in [3.63, 3.8) is 0 Å². The van der Waals surface area contributed by atoms with Crippen molar-refractivity contribution in [1.29, 1.82) is 0 Å². The van der Waals surface area contributed by atoms with Crippen molar-refractivity contribution < 1.29 is 24.4 Å². The Morgan fingerprint density at radius 1 is 0.867 bits per heavy atom. The van der Waals surface area contributed by atoms with E-state index < -0.39 is 22.7 Å². The topological polar surface area (TPSA) is 153 Å². The first-order valence-electron chi connectivity index (χ1n) is 8.56. The number of anilines is 2. The van der Waals surface area contributed by atoms with E-state index in [1.54, 1.807) is 14.1 Å². The Kier molecular flexibility index (Phi) is 5.15. The molecule has 0 radical (unpaired) electrons. The van der Waals surface area contributed by atoms with Crippen molar-refractivity contribution in [2.75, 3.05) is 10.6 Å². The molecule has 0 bridgehead atoms. The van der Waals surface area contributed by atoms with Crippen molar-refractivity contribution in [3.8, 4) is 0 Å². The first kappa shape index (κ1) is 20.4. The zero-order valence-electron chi connectivity index (χ0n) is 16.2. The average Bonchev–Trinajstić information content (AvgIpc) is 3.31. The van der Waals surface area contributed by atoms with Crippen LogP contribution in [0.15, 0.2) is 36.8 Å². The molecule has 3 aromatic heterocycles. The summed E-state index contributed by atoms with van der Waals surface area (Å²) in [6.07, 6.45) is 4.31. The van der Waals surface area contributed by atoms with Gasteiger partial charge in [-0.3, -0.25) is 9.59 Å². The minimum atomic E-state index is -1.12. The molecule has 0 spiro atoms. The Hall–Kier alpha value is -4.35. The summed E-state index contributed by atoms with van der Waals surface area (Å²) in [5.74, 6) is -2.42. The Balaban J connectivity index is 1.74. The first-order valence-corrected chi connectivity index (χ1v) is 8.56. The van der Waals surface area contributed by atoms with E-state index in [-0.39, 0.29) is 22.8 Å². The molecule has 0 unspecified atom stereocenters. The maximum Gasteiger partial charge on any atom is 0.352 e. The van der Waals surface area contributed by atoms with Crippen LogP contribution in [0.2, 0.25) is 0 Å². The molecule has 30 heavy (non-hydrogen) atoms. The minimum absolute atomic E-state index is 0.0158. The number of nitrogens with zero attached hydrogens (tertiary/aromatic N) is 4. The zero-order chi connectivity index (χ0) is 22.2. The fourth-order valence-electron chi connectivity index (χ4n) is 2.96. The van der Waals surface area contributed by atoms with Crippen molar-refractivity contribution in [2.45, 2.75) is 0 Å². The van der Waals surface area contributed by atoms with E-state index >= 15 is 0 Å². The number of carbonyl (C=O) groups is 3. The lowest BCUT2D eigenvalue weighted by atomic mass is 10.3. The lowest BCUT2D eigenvalue weighted by Crippen LogP contribution is -2.14. The summed E-state index contributed by atoms with van der Waals surface area (Å²) >= 11 is 0. The maximum absolute atomic E-state index is 12.5. The average molecular weight is 414 g/mol. The van der Waals surface area contributed by atoms with Crippen LogP contribution in [0.4, 0.5) is 17.2 Å². The molecule has 0 fully saturated rings. The number of aromatic carboxylic acids is 1. The van der Waals surface area contributed by atoms with Gasteiger partial charge < -0.3 is 35.0 Å². The van der Waals surface area contributed by atoms with E-state index in [9.17, 15) is 24.5 Å². The summed E-state index contributed by atoms with van der Waals surface area (Å²) < 4.78 is 4.08. The number of nitrogens with one attached hydrogen (secondary N) is 2. The summed E-state index contributed by atoms with van der Waals surface area (Å²) in [5.41, 5.74) is 0.957. The molecule has 12 heteroatoms. The molecule has 12 nitrogen and oxygen atoms in total. The molecule has 3 N–H and O–H groups in total. The minimum Gasteiger partial charge on any atom is -0.477 e. The van der Waals surface area contributed by atoms with E-state index in [1.807, 2.05) is 0 Å². The highest BCUT2D eigenvalue weighted by molar-refractivity contribution is 6.07. The Bertz CT molecular complexity index is 1180. The fourth-order valence-corrected chi connectivity index (χ4v) is 2.96. The molecule has 0 aliphatic heterocycles. The highest BCUT2D eigenvalue weighted by Crippen LogP contribution is 2.20. The van der Waals surface area contributed by atoms with Gasteiger partial charge in [0.25, 0.3) is 11.8 Å². The Labute approximate surface area is 169 Å². The van der Waals surface area contributed by atoms with Crippen LogP contribution < -0.4 is 10.6 Å². The highest BCUT2D eigenvalue weighted by atomic mass is 16.6. The largest absolute Gasteiger partial charge is 0.477 e. The molecule has 0 aliphatic rings. The van der Waals surface area contributed by atoms with Gasteiger partial charge in [0.1, 0.15) is 17.6 Å². The molecule has 0 atom stereocenters. The number of amides is 2. The van der Waals surface area contributed by atoms with Crippen molar-refractivity contribution in [3.05, 3.63) is 63.9 Å². The van der Waals surface area contributed by atoms with E-state index in [4.69, 9.17) is 5.11 Å². The zero-order valence-corrected chi connectivity index (χ0v) is 16.2. The van der Waals surface area contributed by atoms with Crippen LogP contribution >= 0.6 is 0 Å². The van der Waals surface area contributed by atoms with Gasteiger partial charge in [0.15, 0.2) is 0 Å².